The van der Waals surface area contributed by atoms with Gasteiger partial charge in [0.25, 0.3) is 0 Å². The average molecular weight is 428 g/mol. The number of thioether (sulfide) groups is 1. The van der Waals surface area contributed by atoms with Crippen LogP contribution in [-0.2, 0) is 11.3 Å². The van der Waals surface area contributed by atoms with Gasteiger partial charge in [0.15, 0.2) is 0 Å². The van der Waals surface area contributed by atoms with Gasteiger partial charge in [0.05, 0.1) is 7.11 Å². The zero-order valence-electron chi connectivity index (χ0n) is 17.4. The van der Waals surface area contributed by atoms with Crippen LogP contribution in [0, 0.1) is 5.92 Å². The molecule has 0 radical (unpaired) electrons. The minimum absolute atomic E-state index is 0.0555. The van der Waals surface area contributed by atoms with Crippen LogP contribution in [0.1, 0.15) is 18.4 Å². The highest BCUT2D eigenvalue weighted by Crippen LogP contribution is 2.25. The summed E-state index contributed by atoms with van der Waals surface area (Å²) in [5.74, 6) is 5.30. The van der Waals surface area contributed by atoms with E-state index in [1.54, 1.807) is 13.4 Å². The number of aromatic nitrogens is 2. The van der Waals surface area contributed by atoms with Gasteiger partial charge in [-0.2, -0.15) is 11.8 Å². The van der Waals surface area contributed by atoms with E-state index in [-0.39, 0.29) is 11.8 Å². The van der Waals surface area contributed by atoms with Gasteiger partial charge in [-0.25, -0.2) is 9.97 Å². The highest BCUT2D eigenvalue weighted by Gasteiger charge is 2.26. The van der Waals surface area contributed by atoms with Crippen molar-refractivity contribution in [3.8, 4) is 5.75 Å². The van der Waals surface area contributed by atoms with Crippen LogP contribution in [-0.4, -0.2) is 60.7 Å². The summed E-state index contributed by atoms with van der Waals surface area (Å²) in [5, 5.41) is 3.08. The van der Waals surface area contributed by atoms with Gasteiger partial charge in [-0.3, -0.25) is 4.79 Å². The van der Waals surface area contributed by atoms with Crippen molar-refractivity contribution in [1.82, 2.24) is 15.3 Å². The smallest absolute Gasteiger partial charge is 0.223 e. The van der Waals surface area contributed by atoms with E-state index < -0.39 is 0 Å². The first-order valence-electron chi connectivity index (χ1n) is 10.5. The lowest BCUT2D eigenvalue weighted by atomic mass is 9.96. The number of hydrogen-bond acceptors (Lipinski definition) is 7. The molecule has 0 unspecified atom stereocenters. The number of piperidine rings is 1. The summed E-state index contributed by atoms with van der Waals surface area (Å²) >= 11 is 1.99. The maximum Gasteiger partial charge on any atom is 0.223 e. The molecule has 2 fully saturated rings. The van der Waals surface area contributed by atoms with E-state index in [9.17, 15) is 4.79 Å². The van der Waals surface area contributed by atoms with Crippen LogP contribution < -0.4 is 19.9 Å². The summed E-state index contributed by atoms with van der Waals surface area (Å²) in [6.07, 6.45) is 3.35. The Morgan fingerprint density at radius 2 is 1.70 bits per heavy atom. The minimum atomic E-state index is 0.0555. The van der Waals surface area contributed by atoms with Crippen LogP contribution >= 0.6 is 11.8 Å². The summed E-state index contributed by atoms with van der Waals surface area (Å²) in [6, 6.07) is 9.89. The molecule has 0 saturated carbocycles. The Bertz CT molecular complexity index is 834. The number of carbonyl (C=O) groups is 1. The molecule has 8 heteroatoms. The fourth-order valence-electron chi connectivity index (χ4n) is 3.92. The summed E-state index contributed by atoms with van der Waals surface area (Å²) in [4.78, 5) is 26.2. The first-order valence-corrected chi connectivity index (χ1v) is 11.7. The highest BCUT2D eigenvalue weighted by molar-refractivity contribution is 7.99. The van der Waals surface area contributed by atoms with Crippen LogP contribution in [0.15, 0.2) is 36.7 Å². The number of carbonyl (C=O) groups excluding carboxylic acids is 1. The number of anilines is 2. The van der Waals surface area contributed by atoms with Crippen molar-refractivity contribution in [2.75, 3.05) is 54.6 Å². The van der Waals surface area contributed by atoms with Crippen LogP contribution in [0.2, 0.25) is 0 Å². The number of methoxy groups -OCH3 is 1. The molecular formula is C22H29N5O2S. The second kappa shape index (κ2) is 10.0. The highest BCUT2D eigenvalue weighted by atomic mass is 32.2. The van der Waals surface area contributed by atoms with Gasteiger partial charge in [0.2, 0.25) is 5.91 Å². The predicted octanol–water partition coefficient (Wildman–Crippen LogP) is 2.57. The Morgan fingerprint density at radius 1 is 1.07 bits per heavy atom. The SMILES string of the molecule is COc1ccc(CNC(=O)C2CCN(c3cc(N4CCSCC4)ncn3)CC2)cc1. The van der Waals surface area contributed by atoms with Gasteiger partial charge in [0, 0.05) is 56.2 Å². The van der Waals surface area contributed by atoms with Gasteiger partial charge in [-0.05, 0) is 30.5 Å². The lowest BCUT2D eigenvalue weighted by Gasteiger charge is -2.33. The van der Waals surface area contributed by atoms with Crippen LogP contribution in [0.5, 0.6) is 5.75 Å². The summed E-state index contributed by atoms with van der Waals surface area (Å²) in [5.41, 5.74) is 1.08. The molecule has 30 heavy (non-hydrogen) atoms. The lowest BCUT2D eigenvalue weighted by molar-refractivity contribution is -0.125. The van der Waals surface area contributed by atoms with E-state index in [2.05, 4.69) is 31.2 Å². The number of benzene rings is 1. The molecule has 160 valence electrons. The predicted molar refractivity (Wildman–Crippen MR) is 121 cm³/mol. The number of nitrogens with one attached hydrogen (secondary N) is 1. The van der Waals surface area contributed by atoms with Crippen LogP contribution in [0.3, 0.4) is 0 Å². The Labute approximate surface area is 182 Å². The van der Waals surface area contributed by atoms with Crippen molar-refractivity contribution in [1.29, 1.82) is 0 Å². The summed E-state index contributed by atoms with van der Waals surface area (Å²) in [7, 11) is 1.65. The van der Waals surface area contributed by atoms with Crippen molar-refractivity contribution < 1.29 is 9.53 Å². The van der Waals surface area contributed by atoms with Crippen molar-refractivity contribution >= 4 is 29.3 Å². The van der Waals surface area contributed by atoms with E-state index in [4.69, 9.17) is 4.74 Å². The quantitative estimate of drug-likeness (QED) is 0.760. The molecule has 2 aliphatic heterocycles. The molecule has 4 rings (SSSR count). The molecule has 3 heterocycles. The lowest BCUT2D eigenvalue weighted by Crippen LogP contribution is -2.41. The van der Waals surface area contributed by atoms with Crippen molar-refractivity contribution in [3.63, 3.8) is 0 Å². The molecule has 1 aromatic heterocycles. The third kappa shape index (κ3) is 5.16. The number of nitrogens with zero attached hydrogens (tertiary/aromatic N) is 4. The Hall–Kier alpha value is -2.48. The van der Waals surface area contributed by atoms with E-state index >= 15 is 0 Å². The Balaban J connectivity index is 1.27. The van der Waals surface area contributed by atoms with Gasteiger partial charge in [-0.1, -0.05) is 12.1 Å². The number of amides is 1. The second-order valence-corrected chi connectivity index (χ2v) is 8.89. The fourth-order valence-corrected chi connectivity index (χ4v) is 4.83. The third-order valence-electron chi connectivity index (χ3n) is 5.79. The van der Waals surface area contributed by atoms with Gasteiger partial charge >= 0.3 is 0 Å². The molecule has 2 aromatic rings. The van der Waals surface area contributed by atoms with E-state index in [1.165, 1.54) is 0 Å². The van der Waals surface area contributed by atoms with E-state index in [1.807, 2.05) is 36.0 Å². The normalized spacial score (nSPS) is 17.6. The fraction of sp³-hybridized carbons (Fsp3) is 0.500. The molecule has 7 nitrogen and oxygen atoms in total. The topological polar surface area (TPSA) is 70.6 Å². The van der Waals surface area contributed by atoms with Crippen molar-refractivity contribution in [2.24, 2.45) is 5.92 Å². The first kappa shape index (κ1) is 20.8. The van der Waals surface area contributed by atoms with E-state index in [0.29, 0.717) is 6.54 Å². The monoisotopic (exact) mass is 427 g/mol. The molecular weight excluding hydrogens is 398 g/mol. The molecule has 2 saturated heterocycles. The molecule has 2 aliphatic rings. The molecule has 1 N–H and O–H groups in total. The largest absolute Gasteiger partial charge is 0.497 e. The summed E-state index contributed by atoms with van der Waals surface area (Å²) < 4.78 is 5.17. The molecule has 0 bridgehead atoms. The Morgan fingerprint density at radius 3 is 2.33 bits per heavy atom. The standard InChI is InChI=1S/C22H29N5O2S/c1-29-19-4-2-17(3-5-19)15-23-22(28)18-6-8-26(9-7-18)20-14-21(25-16-24-20)27-10-12-30-13-11-27/h2-5,14,16,18H,6-13,15H2,1H3,(H,23,28). The van der Waals surface area contributed by atoms with E-state index in [0.717, 1.165) is 73.5 Å². The molecule has 0 atom stereocenters. The zero-order valence-corrected chi connectivity index (χ0v) is 18.2. The molecule has 0 aliphatic carbocycles. The first-order chi connectivity index (χ1) is 14.7. The number of rotatable bonds is 6. The van der Waals surface area contributed by atoms with Crippen LogP contribution in [0.4, 0.5) is 11.6 Å². The zero-order chi connectivity index (χ0) is 20.8. The van der Waals surface area contributed by atoms with Crippen LogP contribution in [0.25, 0.3) is 0 Å². The Kier molecular flexibility index (Phi) is 6.94. The van der Waals surface area contributed by atoms with Crippen molar-refractivity contribution in [3.05, 3.63) is 42.2 Å². The summed E-state index contributed by atoms with van der Waals surface area (Å²) in [6.45, 7) is 4.31. The maximum absolute atomic E-state index is 12.6. The van der Waals surface area contributed by atoms with Gasteiger partial charge in [0.1, 0.15) is 23.7 Å². The number of ether oxygens (including phenoxy) is 1. The second-order valence-electron chi connectivity index (χ2n) is 7.66. The van der Waals surface area contributed by atoms with Crippen molar-refractivity contribution in [2.45, 2.75) is 19.4 Å². The third-order valence-corrected chi connectivity index (χ3v) is 6.73. The van der Waals surface area contributed by atoms with Gasteiger partial charge in [-0.15, -0.1) is 0 Å². The molecule has 0 spiro atoms. The molecule has 1 amide bonds. The average Bonchev–Trinajstić information content (AvgIpc) is 2.83. The maximum atomic E-state index is 12.6. The molecule has 1 aromatic carbocycles. The minimum Gasteiger partial charge on any atom is -0.497 e. The number of hydrogen-bond donors (Lipinski definition) is 1. The van der Waals surface area contributed by atoms with Gasteiger partial charge < -0.3 is 19.9 Å².